The molecule has 2 rings (SSSR count). The number of aliphatic hydroxyl groups is 1. The molecule has 18 heavy (non-hydrogen) atoms. The van der Waals surface area contributed by atoms with E-state index >= 15 is 0 Å². The van der Waals surface area contributed by atoms with Crippen molar-refractivity contribution in [2.24, 2.45) is 0 Å². The van der Waals surface area contributed by atoms with Gasteiger partial charge in [0.25, 0.3) is 0 Å². The molecule has 0 saturated heterocycles. The molecule has 0 saturated carbocycles. The molecule has 0 heterocycles. The number of carbonyl (C=O) groups is 1. The smallest absolute Gasteiger partial charge is 0.150 e. The molecule has 92 valence electrons. The van der Waals surface area contributed by atoms with Gasteiger partial charge in [0.15, 0.2) is 0 Å². The molecule has 1 atom stereocenters. The van der Waals surface area contributed by atoms with E-state index in [1.54, 1.807) is 13.0 Å². The van der Waals surface area contributed by atoms with E-state index in [-0.39, 0.29) is 0 Å². The predicted octanol–water partition coefficient (Wildman–Crippen LogP) is 2.95. The molecule has 1 N–H and O–H groups in total. The minimum Gasteiger partial charge on any atom is -0.385 e. The maximum atomic E-state index is 11.0. The molecule has 0 aromatic heterocycles. The predicted molar refractivity (Wildman–Crippen MR) is 71.5 cm³/mol. The summed E-state index contributed by atoms with van der Waals surface area (Å²) >= 11 is 0. The highest BCUT2D eigenvalue weighted by Gasteiger charge is 2.24. The van der Waals surface area contributed by atoms with Crippen molar-refractivity contribution in [2.45, 2.75) is 18.9 Å². The van der Waals surface area contributed by atoms with Crippen LogP contribution in [0.5, 0.6) is 0 Å². The summed E-state index contributed by atoms with van der Waals surface area (Å²) in [6.07, 6.45) is 1.25. The second kappa shape index (κ2) is 5.15. The van der Waals surface area contributed by atoms with Gasteiger partial charge >= 0.3 is 0 Å². The van der Waals surface area contributed by atoms with Crippen LogP contribution in [0.3, 0.4) is 0 Å². The van der Waals surface area contributed by atoms with Crippen molar-refractivity contribution in [1.82, 2.24) is 0 Å². The Morgan fingerprint density at radius 3 is 2.33 bits per heavy atom. The summed E-state index contributed by atoms with van der Waals surface area (Å²) in [6.45, 7) is 1.77. The first kappa shape index (κ1) is 12.5. The molecular weight excluding hydrogens is 224 g/mol. The monoisotopic (exact) mass is 240 g/mol. The largest absolute Gasteiger partial charge is 0.385 e. The molecule has 2 aromatic carbocycles. The first-order chi connectivity index (χ1) is 8.63. The fraction of sp³-hybridized carbons (Fsp3) is 0.188. The zero-order valence-electron chi connectivity index (χ0n) is 10.3. The number of rotatable bonds is 4. The zero-order chi connectivity index (χ0) is 13.0. The van der Waals surface area contributed by atoms with Crippen molar-refractivity contribution in [1.29, 1.82) is 0 Å². The quantitative estimate of drug-likeness (QED) is 0.834. The molecular formula is C16H16O2. The molecule has 2 nitrogen and oxygen atoms in total. The minimum atomic E-state index is -0.972. The van der Waals surface area contributed by atoms with Crippen LogP contribution < -0.4 is 0 Å². The van der Waals surface area contributed by atoms with E-state index in [1.165, 1.54) is 0 Å². The van der Waals surface area contributed by atoms with Crippen LogP contribution in [-0.2, 0) is 12.0 Å². The standard InChI is InChI=1S/C16H16O2/c1-16(18,15-9-3-2-4-10-15)11-13-7-5-6-8-14(13)12-17/h2-10,12,18H,11H2,1H3. The third-order valence-electron chi connectivity index (χ3n) is 3.11. The van der Waals surface area contributed by atoms with Gasteiger partial charge in [0.05, 0.1) is 5.60 Å². The first-order valence-corrected chi connectivity index (χ1v) is 5.94. The van der Waals surface area contributed by atoms with Crippen LogP contribution in [0.4, 0.5) is 0 Å². The SMILES string of the molecule is CC(O)(Cc1ccccc1C=O)c1ccccc1. The molecule has 0 fully saturated rings. The van der Waals surface area contributed by atoms with E-state index in [1.807, 2.05) is 48.5 Å². The lowest BCUT2D eigenvalue weighted by atomic mass is 9.87. The van der Waals surface area contributed by atoms with Gasteiger partial charge in [0.1, 0.15) is 6.29 Å². The van der Waals surface area contributed by atoms with Crippen molar-refractivity contribution in [3.05, 3.63) is 71.3 Å². The Kier molecular flexibility index (Phi) is 3.58. The average molecular weight is 240 g/mol. The maximum Gasteiger partial charge on any atom is 0.150 e. The number of aldehydes is 1. The maximum absolute atomic E-state index is 11.0. The van der Waals surface area contributed by atoms with Crippen molar-refractivity contribution in [2.75, 3.05) is 0 Å². The van der Waals surface area contributed by atoms with Gasteiger partial charge in [-0.05, 0) is 18.1 Å². The van der Waals surface area contributed by atoms with Gasteiger partial charge in [0, 0.05) is 12.0 Å². The second-order valence-corrected chi connectivity index (χ2v) is 4.63. The molecule has 0 radical (unpaired) electrons. The average Bonchev–Trinajstić information content (AvgIpc) is 2.40. The topological polar surface area (TPSA) is 37.3 Å². The molecule has 2 heteroatoms. The fourth-order valence-corrected chi connectivity index (χ4v) is 2.08. The summed E-state index contributed by atoms with van der Waals surface area (Å²) in [5, 5.41) is 10.5. The van der Waals surface area contributed by atoms with Crippen molar-refractivity contribution >= 4 is 6.29 Å². The van der Waals surface area contributed by atoms with Gasteiger partial charge in [-0.2, -0.15) is 0 Å². The van der Waals surface area contributed by atoms with Gasteiger partial charge in [-0.25, -0.2) is 0 Å². The third kappa shape index (κ3) is 2.66. The summed E-state index contributed by atoms with van der Waals surface area (Å²) < 4.78 is 0. The number of hydrogen-bond acceptors (Lipinski definition) is 2. The molecule has 0 aliphatic carbocycles. The summed E-state index contributed by atoms with van der Waals surface area (Å²) in [4.78, 5) is 11.0. The van der Waals surface area contributed by atoms with Crippen molar-refractivity contribution in [3.63, 3.8) is 0 Å². The molecule has 0 aliphatic heterocycles. The van der Waals surface area contributed by atoms with Crippen LogP contribution in [0.1, 0.15) is 28.4 Å². The van der Waals surface area contributed by atoms with E-state index in [4.69, 9.17) is 0 Å². The van der Waals surface area contributed by atoms with Gasteiger partial charge in [0.2, 0.25) is 0 Å². The third-order valence-corrected chi connectivity index (χ3v) is 3.11. The van der Waals surface area contributed by atoms with Crippen LogP contribution in [0.2, 0.25) is 0 Å². The minimum absolute atomic E-state index is 0.423. The second-order valence-electron chi connectivity index (χ2n) is 4.63. The normalized spacial score (nSPS) is 13.9. The Labute approximate surface area is 107 Å². The van der Waals surface area contributed by atoms with Crippen molar-refractivity contribution < 1.29 is 9.90 Å². The lowest BCUT2D eigenvalue weighted by molar-refractivity contribution is 0.0574. The van der Waals surface area contributed by atoms with Gasteiger partial charge < -0.3 is 5.11 Å². The molecule has 1 unspecified atom stereocenters. The summed E-state index contributed by atoms with van der Waals surface area (Å²) in [5.41, 5.74) is 1.38. The Morgan fingerprint density at radius 2 is 1.67 bits per heavy atom. The Balaban J connectivity index is 2.30. The highest BCUT2D eigenvalue weighted by Crippen LogP contribution is 2.26. The van der Waals surface area contributed by atoms with Crippen molar-refractivity contribution in [3.8, 4) is 0 Å². The van der Waals surface area contributed by atoms with Crippen LogP contribution in [0.15, 0.2) is 54.6 Å². The molecule has 0 bridgehead atoms. The highest BCUT2D eigenvalue weighted by atomic mass is 16.3. The molecule has 0 spiro atoms. The highest BCUT2D eigenvalue weighted by molar-refractivity contribution is 5.77. The van der Waals surface area contributed by atoms with Crippen LogP contribution in [0.25, 0.3) is 0 Å². The van der Waals surface area contributed by atoms with E-state index in [2.05, 4.69) is 0 Å². The van der Waals surface area contributed by atoms with Gasteiger partial charge in [-0.3, -0.25) is 4.79 Å². The van der Waals surface area contributed by atoms with Crippen LogP contribution in [-0.4, -0.2) is 11.4 Å². The van der Waals surface area contributed by atoms with E-state index in [9.17, 15) is 9.90 Å². The van der Waals surface area contributed by atoms with E-state index in [0.717, 1.165) is 17.4 Å². The van der Waals surface area contributed by atoms with Gasteiger partial charge in [-0.1, -0.05) is 54.6 Å². The van der Waals surface area contributed by atoms with Crippen LogP contribution >= 0.6 is 0 Å². The number of carbonyl (C=O) groups excluding carboxylic acids is 1. The van der Waals surface area contributed by atoms with E-state index in [0.29, 0.717) is 12.0 Å². The lowest BCUT2D eigenvalue weighted by Crippen LogP contribution is -2.24. The van der Waals surface area contributed by atoms with E-state index < -0.39 is 5.60 Å². The van der Waals surface area contributed by atoms with Crippen LogP contribution in [0, 0.1) is 0 Å². The Bertz CT molecular complexity index is 530. The first-order valence-electron chi connectivity index (χ1n) is 5.94. The summed E-state index contributed by atoms with van der Waals surface area (Å²) in [7, 11) is 0. The fourth-order valence-electron chi connectivity index (χ4n) is 2.08. The summed E-state index contributed by atoms with van der Waals surface area (Å²) in [6, 6.07) is 16.8. The molecule has 0 aliphatic rings. The Morgan fingerprint density at radius 1 is 1.06 bits per heavy atom. The zero-order valence-corrected chi connectivity index (χ0v) is 10.3. The summed E-state index contributed by atoms with van der Waals surface area (Å²) in [5.74, 6) is 0. The number of hydrogen-bond donors (Lipinski definition) is 1. The Hall–Kier alpha value is -1.93. The molecule has 0 amide bonds. The lowest BCUT2D eigenvalue weighted by Gasteiger charge is -2.24. The van der Waals surface area contributed by atoms with Gasteiger partial charge in [-0.15, -0.1) is 0 Å². The number of benzene rings is 2. The molecule has 2 aromatic rings.